The largest absolute Gasteiger partial charge is 0.493 e. The molecule has 0 saturated heterocycles. The molecule has 106 valence electrons. The lowest BCUT2D eigenvalue weighted by Gasteiger charge is -2.02. The van der Waals surface area contributed by atoms with Crippen molar-refractivity contribution in [3.8, 4) is 5.88 Å². The highest BCUT2D eigenvalue weighted by Gasteiger charge is 2.18. The first-order valence-electron chi connectivity index (χ1n) is 6.52. The molecule has 1 aromatic carbocycles. The molecule has 3 nitrogen and oxygen atoms in total. The molecule has 0 saturated carbocycles. The molecule has 0 fully saturated rings. The average molecular weight is 314 g/mol. The number of allylic oxidation sites excluding steroid dienone is 2. The summed E-state index contributed by atoms with van der Waals surface area (Å²) in [4.78, 5) is 5.30. The number of nitrogens with zero attached hydrogens (tertiary/aromatic N) is 2. The van der Waals surface area contributed by atoms with E-state index in [0.717, 1.165) is 27.4 Å². The molecule has 0 amide bonds. The average Bonchev–Trinajstić information content (AvgIpc) is 2.92. The zero-order chi connectivity index (χ0) is 15.0. The Labute approximate surface area is 132 Å². The summed E-state index contributed by atoms with van der Waals surface area (Å²) in [7, 11) is 0. The lowest BCUT2D eigenvalue weighted by molar-refractivity contribution is 0.424. The van der Waals surface area contributed by atoms with Crippen LogP contribution in [0, 0.1) is 3.95 Å². The van der Waals surface area contributed by atoms with E-state index in [0.29, 0.717) is 10.5 Å². The van der Waals surface area contributed by atoms with Crippen molar-refractivity contribution < 1.29 is 5.11 Å². The van der Waals surface area contributed by atoms with Gasteiger partial charge in [0.1, 0.15) is 0 Å². The summed E-state index contributed by atoms with van der Waals surface area (Å²) in [5.74, 6) is 0.189. The zero-order valence-electron chi connectivity index (χ0n) is 11.5. The molecule has 0 spiro atoms. The number of para-hydroxylation sites is 1. The first kappa shape index (κ1) is 14.0. The molecule has 2 heterocycles. The topological polar surface area (TPSA) is 37.5 Å². The first-order valence-corrected chi connectivity index (χ1v) is 7.74. The van der Waals surface area contributed by atoms with Crippen LogP contribution in [0.5, 0.6) is 5.88 Å². The Morgan fingerprint density at radius 1 is 1.43 bits per heavy atom. The fraction of sp³-hybridized carbons (Fsp3) is 0.125. The summed E-state index contributed by atoms with van der Waals surface area (Å²) in [6.07, 6.45) is 3.68. The van der Waals surface area contributed by atoms with Crippen molar-refractivity contribution in [3.05, 3.63) is 51.3 Å². The molecule has 2 aromatic rings. The number of aliphatic imine (C=N–C) groups is 1. The van der Waals surface area contributed by atoms with Crippen LogP contribution in [0.3, 0.4) is 0 Å². The highest BCUT2D eigenvalue weighted by Crippen LogP contribution is 2.38. The normalized spacial score (nSPS) is 15.1. The lowest BCUT2D eigenvalue weighted by Crippen LogP contribution is -1.93. The quantitative estimate of drug-likeness (QED) is 0.651. The molecule has 21 heavy (non-hydrogen) atoms. The summed E-state index contributed by atoms with van der Waals surface area (Å²) < 4.78 is 2.31. The van der Waals surface area contributed by atoms with Crippen molar-refractivity contribution in [2.75, 3.05) is 0 Å². The second-order valence-electron chi connectivity index (χ2n) is 4.73. The number of benzene rings is 1. The van der Waals surface area contributed by atoms with Crippen molar-refractivity contribution in [1.29, 1.82) is 0 Å². The number of aromatic hydroxyl groups is 1. The Morgan fingerprint density at radius 3 is 2.95 bits per heavy atom. The van der Waals surface area contributed by atoms with Gasteiger partial charge >= 0.3 is 0 Å². The molecule has 1 N–H and O–H groups in total. The van der Waals surface area contributed by atoms with Crippen molar-refractivity contribution in [3.63, 3.8) is 0 Å². The maximum atomic E-state index is 10.3. The highest BCUT2D eigenvalue weighted by molar-refractivity contribution is 7.73. The van der Waals surface area contributed by atoms with Crippen molar-refractivity contribution in [2.24, 2.45) is 4.99 Å². The van der Waals surface area contributed by atoms with Gasteiger partial charge in [0, 0.05) is 23.4 Å². The Kier molecular flexibility index (Phi) is 3.61. The van der Waals surface area contributed by atoms with Gasteiger partial charge in [0.25, 0.3) is 0 Å². The van der Waals surface area contributed by atoms with Gasteiger partial charge in [-0.2, -0.15) is 0 Å². The number of hydrogen-bond donors (Lipinski definition) is 1. The van der Waals surface area contributed by atoms with Gasteiger partial charge < -0.3 is 5.11 Å². The van der Waals surface area contributed by atoms with Gasteiger partial charge in [-0.15, -0.1) is 17.9 Å². The second kappa shape index (κ2) is 5.42. The first-order chi connectivity index (χ1) is 10.1. The Balaban J connectivity index is 2.12. The molecular formula is C16H14N2OS2. The smallest absolute Gasteiger partial charge is 0.210 e. The van der Waals surface area contributed by atoms with E-state index in [4.69, 9.17) is 12.2 Å². The van der Waals surface area contributed by atoms with Crippen LogP contribution in [0.25, 0.3) is 11.6 Å². The summed E-state index contributed by atoms with van der Waals surface area (Å²) in [6, 6.07) is 7.99. The molecule has 5 heteroatoms. The third kappa shape index (κ3) is 2.39. The molecule has 1 aromatic heterocycles. The number of hydrogen-bond acceptors (Lipinski definition) is 4. The summed E-state index contributed by atoms with van der Waals surface area (Å²) >= 11 is 6.68. The fourth-order valence-corrected chi connectivity index (χ4v) is 3.61. The molecule has 0 bridgehead atoms. The van der Waals surface area contributed by atoms with Gasteiger partial charge in [0.2, 0.25) is 5.88 Å². The summed E-state index contributed by atoms with van der Waals surface area (Å²) in [5.41, 5.74) is 4.03. The van der Waals surface area contributed by atoms with Crippen LogP contribution < -0.4 is 0 Å². The molecule has 1 aliphatic rings. The Bertz CT molecular complexity index is 840. The second-order valence-corrected chi connectivity index (χ2v) is 6.40. The fourth-order valence-electron chi connectivity index (χ4n) is 2.35. The van der Waals surface area contributed by atoms with Crippen LogP contribution in [0.2, 0.25) is 0 Å². The van der Waals surface area contributed by atoms with Crippen LogP contribution in [0.4, 0.5) is 5.69 Å². The van der Waals surface area contributed by atoms with Gasteiger partial charge in [0.15, 0.2) is 3.95 Å². The monoisotopic (exact) mass is 314 g/mol. The van der Waals surface area contributed by atoms with E-state index < -0.39 is 0 Å². The van der Waals surface area contributed by atoms with Crippen LogP contribution in [-0.2, 0) is 6.54 Å². The molecule has 1 aliphatic heterocycles. The van der Waals surface area contributed by atoms with Crippen LogP contribution >= 0.6 is 23.6 Å². The number of thiazole rings is 1. The molecular weight excluding hydrogens is 300 g/mol. The van der Waals surface area contributed by atoms with Gasteiger partial charge in [-0.1, -0.05) is 24.3 Å². The predicted molar refractivity (Wildman–Crippen MR) is 92.1 cm³/mol. The molecule has 0 radical (unpaired) electrons. The SMILES string of the molecule is C=CCn1c(O)c(C=C2C(C)=Nc3ccccc32)sc1=S. The zero-order valence-corrected chi connectivity index (χ0v) is 13.2. The van der Waals surface area contributed by atoms with Crippen molar-refractivity contribution in [2.45, 2.75) is 13.5 Å². The van der Waals surface area contributed by atoms with E-state index in [-0.39, 0.29) is 5.88 Å². The summed E-state index contributed by atoms with van der Waals surface area (Å²) in [5, 5.41) is 10.3. The minimum atomic E-state index is 0.189. The van der Waals surface area contributed by atoms with E-state index >= 15 is 0 Å². The minimum Gasteiger partial charge on any atom is -0.493 e. The third-order valence-corrected chi connectivity index (χ3v) is 4.74. The van der Waals surface area contributed by atoms with Crippen LogP contribution in [-0.4, -0.2) is 15.4 Å². The van der Waals surface area contributed by atoms with Gasteiger partial charge in [-0.05, 0) is 31.3 Å². The maximum absolute atomic E-state index is 10.3. The number of fused-ring (bicyclic) bond motifs is 1. The van der Waals surface area contributed by atoms with Gasteiger partial charge in [0.05, 0.1) is 10.6 Å². The van der Waals surface area contributed by atoms with Gasteiger partial charge in [-0.3, -0.25) is 9.56 Å². The van der Waals surface area contributed by atoms with Crippen LogP contribution in [0.1, 0.15) is 17.4 Å². The number of aromatic nitrogens is 1. The minimum absolute atomic E-state index is 0.189. The standard InChI is InChI=1S/C16H14N2OS2/c1-3-8-18-15(19)14(21-16(18)20)9-12-10(2)17-13-7-5-4-6-11(12)13/h3-7,9,19H,1,8H2,2H3. The van der Waals surface area contributed by atoms with Gasteiger partial charge in [-0.25, -0.2) is 0 Å². The highest BCUT2D eigenvalue weighted by atomic mass is 32.1. The van der Waals surface area contributed by atoms with E-state index in [9.17, 15) is 5.11 Å². The number of rotatable bonds is 3. The Morgan fingerprint density at radius 2 is 2.19 bits per heavy atom. The maximum Gasteiger partial charge on any atom is 0.210 e. The molecule has 0 atom stereocenters. The molecule has 3 rings (SSSR count). The summed E-state index contributed by atoms with van der Waals surface area (Å²) in [6.45, 7) is 6.17. The molecule has 0 aliphatic carbocycles. The lowest BCUT2D eigenvalue weighted by atomic mass is 10.0. The van der Waals surface area contributed by atoms with Crippen LogP contribution in [0.15, 0.2) is 41.9 Å². The Hall–Kier alpha value is -1.98. The van der Waals surface area contributed by atoms with Crippen molar-refractivity contribution in [1.82, 2.24) is 4.57 Å². The van der Waals surface area contributed by atoms with E-state index in [1.54, 1.807) is 10.6 Å². The van der Waals surface area contributed by atoms with Crippen molar-refractivity contribution >= 4 is 46.6 Å². The van der Waals surface area contributed by atoms with E-state index in [1.807, 2.05) is 37.3 Å². The third-order valence-electron chi connectivity index (χ3n) is 3.35. The van der Waals surface area contributed by atoms with E-state index in [1.165, 1.54) is 11.3 Å². The molecule has 0 unspecified atom stereocenters. The van der Waals surface area contributed by atoms with E-state index in [2.05, 4.69) is 11.6 Å². The predicted octanol–water partition coefficient (Wildman–Crippen LogP) is 4.82.